The van der Waals surface area contributed by atoms with Crippen LogP contribution in [0, 0.1) is 0 Å². The molecule has 0 saturated carbocycles. The van der Waals surface area contributed by atoms with E-state index in [1.807, 2.05) is 0 Å². The SMILES string of the molecule is CN(C)C(=O)C1=C(C=O)CCCN1CC(=O)N/C(N)=C/C=C(\N)c1ccc(C(F)(F)F)nc1. The van der Waals surface area contributed by atoms with Crippen LogP contribution in [0.2, 0.25) is 0 Å². The van der Waals surface area contributed by atoms with Gasteiger partial charge in [0.2, 0.25) is 5.91 Å². The summed E-state index contributed by atoms with van der Waals surface area (Å²) in [6.07, 6.45) is 0.690. The van der Waals surface area contributed by atoms with Crippen LogP contribution < -0.4 is 16.8 Å². The average Bonchev–Trinajstić information content (AvgIpc) is 2.76. The van der Waals surface area contributed by atoms with Crippen LogP contribution in [-0.2, 0) is 20.6 Å². The molecule has 9 nitrogen and oxygen atoms in total. The van der Waals surface area contributed by atoms with E-state index in [1.54, 1.807) is 14.1 Å². The highest BCUT2D eigenvalue weighted by molar-refractivity contribution is 5.99. The minimum absolute atomic E-state index is 0.0695. The van der Waals surface area contributed by atoms with Gasteiger partial charge >= 0.3 is 6.18 Å². The molecule has 0 unspecified atom stereocenters. The molecule has 1 aliphatic rings. The van der Waals surface area contributed by atoms with Crippen LogP contribution in [0.15, 0.2) is 47.6 Å². The maximum absolute atomic E-state index is 12.6. The monoisotopic (exact) mass is 466 g/mol. The van der Waals surface area contributed by atoms with Gasteiger partial charge in [0.15, 0.2) is 0 Å². The normalized spacial score (nSPS) is 15.4. The molecule has 0 aliphatic carbocycles. The third-order valence-corrected chi connectivity index (χ3v) is 4.69. The van der Waals surface area contributed by atoms with Gasteiger partial charge in [0.05, 0.1) is 6.54 Å². The molecular weight excluding hydrogens is 441 g/mol. The second-order valence-electron chi connectivity index (χ2n) is 7.44. The van der Waals surface area contributed by atoms with Gasteiger partial charge in [-0.1, -0.05) is 0 Å². The number of halogens is 3. The number of nitrogens with zero attached hydrogens (tertiary/aromatic N) is 3. The molecule has 2 heterocycles. The maximum Gasteiger partial charge on any atom is 0.433 e. The van der Waals surface area contributed by atoms with Crippen molar-refractivity contribution in [1.82, 2.24) is 20.1 Å². The van der Waals surface area contributed by atoms with Crippen molar-refractivity contribution in [2.75, 3.05) is 27.2 Å². The number of nitrogens with two attached hydrogens (primary N) is 2. The highest BCUT2D eigenvalue weighted by Gasteiger charge is 2.32. The van der Waals surface area contributed by atoms with E-state index in [0.29, 0.717) is 31.2 Å². The zero-order valence-corrected chi connectivity index (χ0v) is 18.1. The lowest BCUT2D eigenvalue weighted by molar-refractivity contribution is -0.141. The zero-order chi connectivity index (χ0) is 24.8. The Morgan fingerprint density at radius 3 is 2.48 bits per heavy atom. The summed E-state index contributed by atoms with van der Waals surface area (Å²) in [6, 6.07) is 1.97. The van der Waals surface area contributed by atoms with Crippen LogP contribution in [-0.4, -0.2) is 60.1 Å². The number of carbonyl (C=O) groups excluding carboxylic acids is 3. The summed E-state index contributed by atoms with van der Waals surface area (Å²) in [5.41, 5.74) is 11.4. The van der Waals surface area contributed by atoms with Crippen LogP contribution in [0.5, 0.6) is 0 Å². The topological polar surface area (TPSA) is 135 Å². The van der Waals surface area contributed by atoms with Gasteiger partial charge in [-0.3, -0.25) is 19.4 Å². The Balaban J connectivity index is 2.07. The molecule has 12 heteroatoms. The molecule has 0 fully saturated rings. The smallest absolute Gasteiger partial charge is 0.398 e. The Morgan fingerprint density at radius 1 is 1.24 bits per heavy atom. The summed E-state index contributed by atoms with van der Waals surface area (Å²) in [4.78, 5) is 42.5. The lowest BCUT2D eigenvalue weighted by Crippen LogP contribution is -2.44. The summed E-state index contributed by atoms with van der Waals surface area (Å²) < 4.78 is 37.8. The number of hydrogen-bond acceptors (Lipinski definition) is 7. The number of hydrogen-bond donors (Lipinski definition) is 3. The third-order valence-electron chi connectivity index (χ3n) is 4.69. The number of carbonyl (C=O) groups is 3. The second kappa shape index (κ2) is 10.7. The van der Waals surface area contributed by atoms with Gasteiger partial charge in [-0.15, -0.1) is 0 Å². The highest BCUT2D eigenvalue weighted by atomic mass is 19.4. The molecule has 5 N–H and O–H groups in total. The summed E-state index contributed by atoms with van der Waals surface area (Å²) in [7, 11) is 3.10. The van der Waals surface area contributed by atoms with E-state index in [2.05, 4.69) is 10.3 Å². The Bertz CT molecular complexity index is 997. The first-order chi connectivity index (χ1) is 15.4. The van der Waals surface area contributed by atoms with E-state index in [9.17, 15) is 27.6 Å². The van der Waals surface area contributed by atoms with Crippen molar-refractivity contribution in [3.63, 3.8) is 0 Å². The van der Waals surface area contributed by atoms with Crippen LogP contribution in [0.25, 0.3) is 5.70 Å². The molecule has 1 aromatic heterocycles. The number of rotatable bonds is 7. The Hall–Kier alpha value is -3.83. The third kappa shape index (κ3) is 6.82. The molecular formula is C21H25F3N6O3. The van der Waals surface area contributed by atoms with Crippen molar-refractivity contribution < 1.29 is 27.6 Å². The van der Waals surface area contributed by atoms with Crippen molar-refractivity contribution in [1.29, 1.82) is 0 Å². The standard InChI is InChI=1S/C21H25F3N6O3/c1-29(2)20(33)19-14(12-31)4-3-9-30(19)11-18(32)28-17(26)8-6-15(25)13-5-7-16(27-10-13)21(22,23)24/h5-8,10,12H,3-4,9,11,25-26H2,1-2H3,(H,28,32)/b15-6-,17-8+. The second-order valence-corrected chi connectivity index (χ2v) is 7.44. The van der Waals surface area contributed by atoms with Crippen LogP contribution in [0.4, 0.5) is 13.2 Å². The lowest BCUT2D eigenvalue weighted by Gasteiger charge is -2.32. The number of likely N-dealkylation sites (N-methyl/N-ethyl adjacent to an activating group) is 1. The molecule has 2 amide bonds. The molecule has 0 saturated heterocycles. The van der Waals surface area contributed by atoms with E-state index in [-0.39, 0.29) is 35.2 Å². The van der Waals surface area contributed by atoms with Crippen molar-refractivity contribution >= 4 is 23.8 Å². The van der Waals surface area contributed by atoms with Gasteiger partial charge in [-0.2, -0.15) is 13.2 Å². The zero-order valence-electron chi connectivity index (χ0n) is 18.1. The van der Waals surface area contributed by atoms with E-state index >= 15 is 0 Å². The predicted molar refractivity (Wildman–Crippen MR) is 114 cm³/mol. The number of nitrogens with one attached hydrogen (secondary N) is 1. The number of aromatic nitrogens is 1. The van der Waals surface area contributed by atoms with Gasteiger partial charge in [0.25, 0.3) is 5.91 Å². The van der Waals surface area contributed by atoms with Gasteiger partial charge in [-0.05, 0) is 37.1 Å². The minimum atomic E-state index is -4.56. The molecule has 33 heavy (non-hydrogen) atoms. The molecule has 178 valence electrons. The molecule has 0 spiro atoms. The molecule has 2 rings (SSSR count). The van der Waals surface area contributed by atoms with Crippen molar-refractivity contribution in [3.8, 4) is 0 Å². The number of pyridine rings is 1. The predicted octanol–water partition coefficient (Wildman–Crippen LogP) is 0.953. The van der Waals surface area contributed by atoms with Crippen molar-refractivity contribution in [2.45, 2.75) is 19.0 Å². The summed E-state index contributed by atoms with van der Waals surface area (Å²) in [5.74, 6) is -0.975. The first-order valence-electron chi connectivity index (χ1n) is 9.85. The Morgan fingerprint density at radius 2 is 1.94 bits per heavy atom. The molecule has 1 aliphatic heterocycles. The largest absolute Gasteiger partial charge is 0.433 e. The van der Waals surface area contributed by atoms with E-state index in [1.165, 1.54) is 28.0 Å². The lowest BCUT2D eigenvalue weighted by atomic mass is 10.0. The van der Waals surface area contributed by atoms with Gasteiger partial charge in [0, 0.05) is 43.7 Å². The van der Waals surface area contributed by atoms with Crippen LogP contribution in [0.1, 0.15) is 24.1 Å². The van der Waals surface area contributed by atoms with Gasteiger partial charge in [-0.25, -0.2) is 0 Å². The number of amides is 2. The van der Waals surface area contributed by atoms with Crippen LogP contribution in [0.3, 0.4) is 0 Å². The maximum atomic E-state index is 12.6. The first kappa shape index (κ1) is 25.4. The fraction of sp³-hybridized carbons (Fsp3) is 0.333. The highest BCUT2D eigenvalue weighted by Crippen LogP contribution is 2.27. The van der Waals surface area contributed by atoms with Crippen LogP contribution >= 0.6 is 0 Å². The quantitative estimate of drug-likeness (QED) is 0.402. The van der Waals surface area contributed by atoms with Crippen molar-refractivity contribution in [3.05, 3.63) is 58.8 Å². The van der Waals surface area contributed by atoms with Crippen molar-refractivity contribution in [2.24, 2.45) is 11.5 Å². The summed E-state index contributed by atoms with van der Waals surface area (Å²) in [6.45, 7) is 0.208. The first-order valence-corrected chi connectivity index (χ1v) is 9.85. The molecule has 0 bridgehead atoms. The fourth-order valence-electron chi connectivity index (χ4n) is 3.07. The number of allylic oxidation sites excluding steroid dienone is 3. The molecule has 0 aromatic carbocycles. The number of alkyl halides is 3. The fourth-order valence-corrected chi connectivity index (χ4v) is 3.07. The summed E-state index contributed by atoms with van der Waals surface area (Å²) in [5, 5.41) is 2.44. The van der Waals surface area contributed by atoms with E-state index in [0.717, 1.165) is 12.3 Å². The average molecular weight is 466 g/mol. The molecule has 0 radical (unpaired) electrons. The minimum Gasteiger partial charge on any atom is -0.398 e. The number of aldehydes is 1. The molecule has 0 atom stereocenters. The Kier molecular flexibility index (Phi) is 8.21. The van der Waals surface area contributed by atoms with E-state index < -0.39 is 17.8 Å². The van der Waals surface area contributed by atoms with E-state index in [4.69, 9.17) is 11.5 Å². The van der Waals surface area contributed by atoms with Gasteiger partial charge in [0.1, 0.15) is 23.5 Å². The summed E-state index contributed by atoms with van der Waals surface area (Å²) >= 11 is 0. The Labute approximate surface area is 188 Å². The van der Waals surface area contributed by atoms with Gasteiger partial charge < -0.3 is 26.6 Å². The molecule has 1 aromatic rings.